The molecule has 5 heteroatoms. The number of esters is 1. The summed E-state index contributed by atoms with van der Waals surface area (Å²) in [5.74, 6) is -0.677. The molecule has 0 bridgehead atoms. The first-order valence-corrected chi connectivity index (χ1v) is 5.36. The minimum atomic E-state index is -0.630. The van der Waals surface area contributed by atoms with Crippen LogP contribution >= 0.6 is 23.2 Å². The van der Waals surface area contributed by atoms with E-state index in [4.69, 9.17) is 27.9 Å². The minimum absolute atomic E-state index is 0.103. The maximum atomic E-state index is 11.5. The molecule has 1 aromatic rings. The summed E-state index contributed by atoms with van der Waals surface area (Å²) in [5.41, 5.74) is 0.534. The highest BCUT2D eigenvalue weighted by Gasteiger charge is 2.33. The second-order valence-corrected chi connectivity index (χ2v) is 4.28. The van der Waals surface area contributed by atoms with Crippen molar-refractivity contribution in [3.05, 3.63) is 39.6 Å². The standard InChI is InChI=1S/C11H8Cl2O3/c1-5-10(14)9(11(15)16-5)7-3-2-6(12)4-8(7)13/h2-5,14H,1H3. The highest BCUT2D eigenvalue weighted by molar-refractivity contribution is 6.37. The van der Waals surface area contributed by atoms with Crippen LogP contribution in [0, 0.1) is 0 Å². The number of aliphatic hydroxyl groups is 1. The Bertz CT molecular complexity index is 494. The SMILES string of the molecule is CC1OC(=O)C(c2ccc(Cl)cc2Cl)=C1O. The largest absolute Gasteiger partial charge is 0.507 e. The maximum absolute atomic E-state index is 11.5. The number of rotatable bonds is 1. The van der Waals surface area contributed by atoms with Gasteiger partial charge in [0.25, 0.3) is 0 Å². The first kappa shape index (κ1) is 11.3. The molecule has 1 heterocycles. The van der Waals surface area contributed by atoms with Crippen molar-refractivity contribution in [2.45, 2.75) is 13.0 Å². The summed E-state index contributed by atoms with van der Waals surface area (Å²) in [6.45, 7) is 1.59. The van der Waals surface area contributed by atoms with Crippen molar-refractivity contribution in [2.75, 3.05) is 0 Å². The maximum Gasteiger partial charge on any atom is 0.343 e. The van der Waals surface area contributed by atoms with E-state index in [2.05, 4.69) is 0 Å². The topological polar surface area (TPSA) is 46.5 Å². The lowest BCUT2D eigenvalue weighted by Crippen LogP contribution is -2.05. The Balaban J connectivity index is 2.56. The molecule has 0 fully saturated rings. The van der Waals surface area contributed by atoms with Gasteiger partial charge in [-0.15, -0.1) is 0 Å². The Kier molecular flexibility index (Phi) is 2.82. The summed E-state index contributed by atoms with van der Waals surface area (Å²) in [4.78, 5) is 11.5. The van der Waals surface area contributed by atoms with Crippen LogP contribution < -0.4 is 0 Å². The van der Waals surface area contributed by atoms with Gasteiger partial charge in [-0.2, -0.15) is 0 Å². The van der Waals surface area contributed by atoms with E-state index in [0.29, 0.717) is 15.6 Å². The van der Waals surface area contributed by atoms with E-state index in [0.717, 1.165) is 0 Å². The molecule has 0 aromatic heterocycles. The fraction of sp³-hybridized carbons (Fsp3) is 0.182. The number of aliphatic hydroxyl groups excluding tert-OH is 1. The first-order valence-electron chi connectivity index (χ1n) is 4.60. The summed E-state index contributed by atoms with van der Waals surface area (Å²) < 4.78 is 4.87. The van der Waals surface area contributed by atoms with E-state index in [9.17, 15) is 9.90 Å². The van der Waals surface area contributed by atoms with Gasteiger partial charge in [0, 0.05) is 10.6 Å². The van der Waals surface area contributed by atoms with Crippen LogP contribution in [0.4, 0.5) is 0 Å². The normalized spacial score (nSPS) is 20.2. The van der Waals surface area contributed by atoms with E-state index in [1.165, 1.54) is 6.07 Å². The summed E-state index contributed by atoms with van der Waals surface area (Å²) in [6, 6.07) is 4.68. The van der Waals surface area contributed by atoms with Crippen molar-refractivity contribution in [3.63, 3.8) is 0 Å². The summed E-state index contributed by atoms with van der Waals surface area (Å²) >= 11 is 11.7. The van der Waals surface area contributed by atoms with Crippen LogP contribution in [0.25, 0.3) is 5.57 Å². The smallest absolute Gasteiger partial charge is 0.343 e. The Hall–Kier alpha value is -1.19. The van der Waals surface area contributed by atoms with E-state index in [-0.39, 0.29) is 11.3 Å². The molecule has 84 valence electrons. The van der Waals surface area contributed by atoms with E-state index < -0.39 is 12.1 Å². The molecule has 16 heavy (non-hydrogen) atoms. The number of ether oxygens (including phenoxy) is 1. The van der Waals surface area contributed by atoms with Crippen molar-refractivity contribution in [1.29, 1.82) is 0 Å². The number of cyclic esters (lactones) is 1. The lowest BCUT2D eigenvalue weighted by Gasteiger charge is -2.03. The third-order valence-electron chi connectivity index (χ3n) is 2.33. The van der Waals surface area contributed by atoms with Gasteiger partial charge >= 0.3 is 5.97 Å². The van der Waals surface area contributed by atoms with Gasteiger partial charge in [-0.05, 0) is 19.1 Å². The third-order valence-corrected chi connectivity index (χ3v) is 2.88. The molecule has 0 spiro atoms. The average Bonchev–Trinajstić information content (AvgIpc) is 2.43. The highest BCUT2D eigenvalue weighted by Crippen LogP contribution is 2.34. The van der Waals surface area contributed by atoms with Crippen molar-refractivity contribution in [2.24, 2.45) is 0 Å². The van der Waals surface area contributed by atoms with Gasteiger partial charge in [0.05, 0.1) is 5.02 Å². The monoisotopic (exact) mass is 258 g/mol. The molecule has 1 unspecified atom stereocenters. The molecule has 1 aromatic carbocycles. The molecule has 0 saturated carbocycles. The van der Waals surface area contributed by atoms with Crippen LogP contribution in [-0.2, 0) is 9.53 Å². The second-order valence-electron chi connectivity index (χ2n) is 3.43. The second kappa shape index (κ2) is 4.00. The Morgan fingerprint density at radius 1 is 1.38 bits per heavy atom. The van der Waals surface area contributed by atoms with Crippen LogP contribution in [0.5, 0.6) is 0 Å². The number of carbonyl (C=O) groups is 1. The van der Waals surface area contributed by atoms with Crippen molar-refractivity contribution >= 4 is 34.7 Å². The van der Waals surface area contributed by atoms with Gasteiger partial charge in [0.1, 0.15) is 11.3 Å². The lowest BCUT2D eigenvalue weighted by atomic mass is 10.0. The van der Waals surface area contributed by atoms with Gasteiger partial charge in [0.15, 0.2) is 6.10 Å². The zero-order valence-electron chi connectivity index (χ0n) is 8.33. The van der Waals surface area contributed by atoms with Gasteiger partial charge in [-0.25, -0.2) is 4.79 Å². The van der Waals surface area contributed by atoms with Crippen molar-refractivity contribution < 1.29 is 14.6 Å². The predicted molar refractivity (Wildman–Crippen MR) is 61.6 cm³/mol. The minimum Gasteiger partial charge on any atom is -0.507 e. The Morgan fingerprint density at radius 3 is 2.56 bits per heavy atom. The number of hydrogen-bond donors (Lipinski definition) is 1. The molecule has 1 aliphatic rings. The molecule has 0 radical (unpaired) electrons. The quantitative estimate of drug-likeness (QED) is 0.787. The van der Waals surface area contributed by atoms with E-state index in [1.807, 2.05) is 0 Å². The third kappa shape index (κ3) is 1.77. The van der Waals surface area contributed by atoms with Gasteiger partial charge in [0.2, 0.25) is 0 Å². The molecule has 1 atom stereocenters. The Morgan fingerprint density at radius 2 is 2.06 bits per heavy atom. The summed E-state index contributed by atoms with van der Waals surface area (Å²) in [5, 5.41) is 10.5. The zero-order valence-corrected chi connectivity index (χ0v) is 9.84. The molecule has 1 N–H and O–H groups in total. The Labute approximate surface area is 102 Å². The van der Waals surface area contributed by atoms with Crippen LogP contribution in [-0.4, -0.2) is 17.2 Å². The molecule has 3 nitrogen and oxygen atoms in total. The molecular weight excluding hydrogens is 251 g/mol. The fourth-order valence-corrected chi connectivity index (χ4v) is 2.03. The predicted octanol–water partition coefficient (Wildman–Crippen LogP) is 3.21. The molecule has 2 rings (SSSR count). The summed E-state index contributed by atoms with van der Waals surface area (Å²) in [7, 11) is 0. The number of hydrogen-bond acceptors (Lipinski definition) is 3. The summed E-state index contributed by atoms with van der Waals surface area (Å²) in [6.07, 6.45) is -0.630. The van der Waals surface area contributed by atoms with Crippen LogP contribution in [0.2, 0.25) is 10.0 Å². The first-order chi connectivity index (χ1) is 7.50. The lowest BCUT2D eigenvalue weighted by molar-refractivity contribution is -0.137. The van der Waals surface area contributed by atoms with Crippen molar-refractivity contribution in [3.8, 4) is 0 Å². The van der Waals surface area contributed by atoms with Crippen molar-refractivity contribution in [1.82, 2.24) is 0 Å². The molecule has 0 amide bonds. The van der Waals surface area contributed by atoms with Crippen LogP contribution in [0.1, 0.15) is 12.5 Å². The number of benzene rings is 1. The van der Waals surface area contributed by atoms with Gasteiger partial charge in [-0.1, -0.05) is 29.3 Å². The molecule has 1 aliphatic heterocycles. The highest BCUT2D eigenvalue weighted by atomic mass is 35.5. The van der Waals surface area contributed by atoms with Gasteiger partial charge in [-0.3, -0.25) is 0 Å². The zero-order chi connectivity index (χ0) is 11.9. The number of carbonyl (C=O) groups excluding carboxylic acids is 1. The van der Waals surface area contributed by atoms with Crippen LogP contribution in [0.15, 0.2) is 24.0 Å². The molecule has 0 saturated heterocycles. The fourth-order valence-electron chi connectivity index (χ4n) is 1.52. The van der Waals surface area contributed by atoms with E-state index in [1.54, 1.807) is 19.1 Å². The van der Waals surface area contributed by atoms with E-state index >= 15 is 0 Å². The molecular formula is C11H8Cl2O3. The molecule has 0 aliphatic carbocycles. The number of halogens is 2. The average molecular weight is 259 g/mol. The van der Waals surface area contributed by atoms with Crippen LogP contribution in [0.3, 0.4) is 0 Å². The van der Waals surface area contributed by atoms with Gasteiger partial charge < -0.3 is 9.84 Å².